The molecule has 1 saturated heterocycles. The number of pyridine rings is 2. The molecule has 0 radical (unpaired) electrons. The zero-order valence-electron chi connectivity index (χ0n) is 13.1. The van der Waals surface area contributed by atoms with Crippen LogP contribution in [0.25, 0.3) is 10.9 Å². The Morgan fingerprint density at radius 3 is 2.82 bits per heavy atom. The quantitative estimate of drug-likeness (QED) is 0.854. The molecule has 0 N–H and O–H groups in total. The molecular formula is C18H21N3O. The number of likely N-dealkylation sites (tertiary alicyclic amines) is 1. The largest absolute Gasteiger partial charge is 0.334 e. The van der Waals surface area contributed by atoms with E-state index in [0.717, 1.165) is 23.0 Å². The first-order chi connectivity index (χ1) is 10.6. The van der Waals surface area contributed by atoms with Crippen molar-refractivity contribution >= 4 is 16.8 Å². The fourth-order valence-electron chi connectivity index (χ4n) is 4.43. The molecule has 1 aliphatic carbocycles. The number of nitrogens with zero attached hydrogens (tertiary/aromatic N) is 3. The summed E-state index contributed by atoms with van der Waals surface area (Å²) in [7, 11) is 0. The lowest BCUT2D eigenvalue weighted by Crippen LogP contribution is -2.70. The van der Waals surface area contributed by atoms with Crippen LogP contribution in [0.3, 0.4) is 0 Å². The summed E-state index contributed by atoms with van der Waals surface area (Å²) in [6.45, 7) is 5.38. The summed E-state index contributed by atoms with van der Waals surface area (Å²) in [6, 6.07) is 4.07. The van der Waals surface area contributed by atoms with Crippen molar-refractivity contribution in [2.75, 3.05) is 6.54 Å². The maximum absolute atomic E-state index is 13.1. The lowest BCUT2D eigenvalue weighted by Gasteiger charge is -2.64. The minimum Gasteiger partial charge on any atom is -0.334 e. The number of carbonyl (C=O) groups is 1. The highest BCUT2D eigenvalue weighted by molar-refractivity contribution is 6.06. The Kier molecular flexibility index (Phi) is 2.96. The Morgan fingerprint density at radius 2 is 2.14 bits per heavy atom. The van der Waals surface area contributed by atoms with E-state index in [0.29, 0.717) is 17.4 Å². The van der Waals surface area contributed by atoms with Gasteiger partial charge in [-0.25, -0.2) is 0 Å². The Balaban J connectivity index is 1.69. The van der Waals surface area contributed by atoms with Crippen molar-refractivity contribution in [3.8, 4) is 0 Å². The van der Waals surface area contributed by atoms with Gasteiger partial charge in [0.2, 0.25) is 0 Å². The maximum atomic E-state index is 13.1. The molecule has 1 atom stereocenters. The smallest absolute Gasteiger partial charge is 0.254 e. The molecule has 1 spiro atoms. The molecule has 1 saturated carbocycles. The van der Waals surface area contributed by atoms with Gasteiger partial charge in [-0.2, -0.15) is 0 Å². The van der Waals surface area contributed by atoms with Gasteiger partial charge >= 0.3 is 0 Å². The molecule has 2 aromatic rings. The second kappa shape index (κ2) is 4.77. The number of hydrogen-bond acceptors (Lipinski definition) is 3. The Morgan fingerprint density at radius 1 is 1.32 bits per heavy atom. The van der Waals surface area contributed by atoms with Crippen molar-refractivity contribution < 1.29 is 4.79 Å². The molecule has 0 aromatic carbocycles. The first-order valence-corrected chi connectivity index (χ1v) is 8.12. The summed E-state index contributed by atoms with van der Waals surface area (Å²) < 4.78 is 0. The highest BCUT2D eigenvalue weighted by Gasteiger charge is 2.58. The average Bonchev–Trinajstić information content (AvgIpc) is 2.43. The lowest BCUT2D eigenvalue weighted by atomic mass is 9.55. The van der Waals surface area contributed by atoms with Crippen LogP contribution >= 0.6 is 0 Å². The third-order valence-electron chi connectivity index (χ3n) is 5.46. The van der Waals surface area contributed by atoms with Crippen LogP contribution in [0.1, 0.15) is 43.5 Å². The third-order valence-corrected chi connectivity index (χ3v) is 5.46. The second-order valence-electron chi connectivity index (χ2n) is 7.09. The minimum absolute atomic E-state index is 0.136. The van der Waals surface area contributed by atoms with Crippen LogP contribution in [0.5, 0.6) is 0 Å². The van der Waals surface area contributed by atoms with E-state index in [9.17, 15) is 4.79 Å². The van der Waals surface area contributed by atoms with Gasteiger partial charge in [-0.15, -0.1) is 0 Å². The molecule has 4 heteroatoms. The number of rotatable bonds is 2. The molecule has 3 heterocycles. The van der Waals surface area contributed by atoms with Gasteiger partial charge in [0, 0.05) is 42.0 Å². The molecule has 22 heavy (non-hydrogen) atoms. The van der Waals surface area contributed by atoms with Gasteiger partial charge < -0.3 is 4.90 Å². The van der Waals surface area contributed by atoms with Gasteiger partial charge in [-0.1, -0.05) is 20.3 Å². The SMILES string of the molecule is CC(C)C1N(C(=O)c2ccnc3ccncc23)CC12CCC2. The van der Waals surface area contributed by atoms with E-state index < -0.39 is 0 Å². The zero-order valence-corrected chi connectivity index (χ0v) is 13.1. The van der Waals surface area contributed by atoms with Crippen LogP contribution in [0.4, 0.5) is 0 Å². The molecule has 2 aromatic heterocycles. The minimum atomic E-state index is 0.136. The molecule has 114 valence electrons. The van der Waals surface area contributed by atoms with Crippen LogP contribution in [0.15, 0.2) is 30.7 Å². The maximum Gasteiger partial charge on any atom is 0.254 e. The second-order valence-corrected chi connectivity index (χ2v) is 7.09. The van der Waals surface area contributed by atoms with Gasteiger partial charge in [0.05, 0.1) is 11.1 Å². The highest BCUT2D eigenvalue weighted by atomic mass is 16.2. The zero-order chi connectivity index (χ0) is 15.3. The molecule has 1 aliphatic heterocycles. The number of aromatic nitrogens is 2. The van der Waals surface area contributed by atoms with E-state index >= 15 is 0 Å². The van der Waals surface area contributed by atoms with Gasteiger partial charge in [0.1, 0.15) is 0 Å². The molecule has 2 fully saturated rings. The van der Waals surface area contributed by atoms with Crippen LogP contribution in [0, 0.1) is 11.3 Å². The normalized spacial score (nSPS) is 22.7. The van der Waals surface area contributed by atoms with Crippen LogP contribution in [-0.4, -0.2) is 33.4 Å². The van der Waals surface area contributed by atoms with Crippen molar-refractivity contribution in [1.82, 2.24) is 14.9 Å². The predicted molar refractivity (Wildman–Crippen MR) is 85.5 cm³/mol. The molecular weight excluding hydrogens is 274 g/mol. The summed E-state index contributed by atoms with van der Waals surface area (Å²) in [6.07, 6.45) is 9.05. The molecule has 0 bridgehead atoms. The standard InChI is InChI=1S/C18H21N3O/c1-12(2)16-18(6-3-7-18)11-21(16)17(22)13-4-9-20-15-5-8-19-10-14(13)15/h4-5,8-10,12,16H,3,6-7,11H2,1-2H3. The summed E-state index contributed by atoms with van der Waals surface area (Å²) in [4.78, 5) is 23.6. The number of amides is 1. The number of hydrogen-bond donors (Lipinski definition) is 0. The summed E-state index contributed by atoms with van der Waals surface area (Å²) in [5.74, 6) is 0.640. The topological polar surface area (TPSA) is 46.1 Å². The number of carbonyl (C=O) groups excluding carboxylic acids is 1. The van der Waals surface area contributed by atoms with Crippen molar-refractivity contribution in [2.24, 2.45) is 11.3 Å². The summed E-state index contributed by atoms with van der Waals surface area (Å²) in [5.41, 5.74) is 1.98. The monoisotopic (exact) mass is 295 g/mol. The van der Waals surface area contributed by atoms with Gasteiger partial charge in [0.25, 0.3) is 5.91 Å². The molecule has 2 aliphatic rings. The summed E-state index contributed by atoms with van der Waals surface area (Å²) >= 11 is 0. The van der Waals surface area contributed by atoms with Crippen molar-refractivity contribution in [2.45, 2.75) is 39.2 Å². The van der Waals surface area contributed by atoms with E-state index in [4.69, 9.17) is 0 Å². The molecule has 1 unspecified atom stereocenters. The first-order valence-electron chi connectivity index (χ1n) is 8.12. The van der Waals surface area contributed by atoms with Crippen molar-refractivity contribution in [3.63, 3.8) is 0 Å². The average molecular weight is 295 g/mol. The van der Waals surface area contributed by atoms with Gasteiger partial charge in [0.15, 0.2) is 0 Å². The van der Waals surface area contributed by atoms with Gasteiger partial charge in [-0.3, -0.25) is 14.8 Å². The first kappa shape index (κ1) is 13.7. The van der Waals surface area contributed by atoms with Crippen molar-refractivity contribution in [1.29, 1.82) is 0 Å². The fourth-order valence-corrected chi connectivity index (χ4v) is 4.43. The Hall–Kier alpha value is -1.97. The van der Waals surface area contributed by atoms with E-state index in [2.05, 4.69) is 28.7 Å². The molecule has 4 rings (SSSR count). The third kappa shape index (κ3) is 1.79. The summed E-state index contributed by atoms with van der Waals surface area (Å²) in [5, 5.41) is 0.854. The Bertz CT molecular complexity index is 731. The van der Waals surface area contributed by atoms with Crippen molar-refractivity contribution in [3.05, 3.63) is 36.3 Å². The van der Waals surface area contributed by atoms with Crippen LogP contribution in [0.2, 0.25) is 0 Å². The highest BCUT2D eigenvalue weighted by Crippen LogP contribution is 2.55. The predicted octanol–water partition coefficient (Wildman–Crippen LogP) is 3.28. The number of fused-ring (bicyclic) bond motifs is 1. The van der Waals surface area contributed by atoms with E-state index in [1.807, 2.05) is 12.1 Å². The van der Waals surface area contributed by atoms with E-state index in [-0.39, 0.29) is 5.91 Å². The lowest BCUT2D eigenvalue weighted by molar-refractivity contribution is -0.120. The molecule has 4 nitrogen and oxygen atoms in total. The van der Waals surface area contributed by atoms with Crippen LogP contribution < -0.4 is 0 Å². The Labute approximate surface area is 130 Å². The van der Waals surface area contributed by atoms with Gasteiger partial charge in [-0.05, 0) is 30.9 Å². The van der Waals surface area contributed by atoms with Crippen LogP contribution in [-0.2, 0) is 0 Å². The van der Waals surface area contributed by atoms with E-state index in [1.165, 1.54) is 19.3 Å². The fraction of sp³-hybridized carbons (Fsp3) is 0.500. The van der Waals surface area contributed by atoms with E-state index in [1.54, 1.807) is 18.6 Å². The molecule has 1 amide bonds.